The molecule has 112 valence electrons. The van der Waals surface area contributed by atoms with Gasteiger partial charge in [-0.3, -0.25) is 9.59 Å². The maximum atomic E-state index is 12.3. The lowest BCUT2D eigenvalue weighted by atomic mass is 9.90. The molecule has 0 aliphatic carbocycles. The summed E-state index contributed by atoms with van der Waals surface area (Å²) < 4.78 is 0.967. The summed E-state index contributed by atoms with van der Waals surface area (Å²) in [6.07, 6.45) is 0.852. The van der Waals surface area contributed by atoms with Crippen LogP contribution in [0.2, 0.25) is 0 Å². The predicted octanol–water partition coefficient (Wildman–Crippen LogP) is 3.49. The number of hydrogen-bond donors (Lipinski definition) is 0. The SMILES string of the molecule is CC1=C(CI)CSC2C(CC(=O)Cc3cccs3)C(=O)N12. The van der Waals surface area contributed by atoms with Gasteiger partial charge >= 0.3 is 0 Å². The fraction of sp³-hybridized carbons (Fsp3) is 0.467. The second-order valence-corrected chi connectivity index (χ2v) is 8.24. The van der Waals surface area contributed by atoms with E-state index in [9.17, 15) is 9.59 Å². The standard InChI is InChI=1S/C15H16INO2S2/c1-9-10(7-16)8-21-15-13(14(19)17(9)15)6-11(18)5-12-3-2-4-20-12/h2-4,13,15H,5-8H2,1H3. The van der Waals surface area contributed by atoms with Crippen molar-refractivity contribution >= 4 is 57.4 Å². The van der Waals surface area contributed by atoms with Crippen LogP contribution >= 0.6 is 45.7 Å². The Balaban J connectivity index is 1.63. The molecule has 2 atom stereocenters. The minimum atomic E-state index is -0.117. The third kappa shape index (κ3) is 2.94. The number of rotatable bonds is 5. The smallest absolute Gasteiger partial charge is 0.234 e. The first kappa shape index (κ1) is 15.6. The monoisotopic (exact) mass is 433 g/mol. The van der Waals surface area contributed by atoms with E-state index in [0.717, 1.165) is 20.8 Å². The van der Waals surface area contributed by atoms with Crippen LogP contribution in [0.1, 0.15) is 18.2 Å². The lowest BCUT2D eigenvalue weighted by molar-refractivity contribution is -0.149. The van der Waals surface area contributed by atoms with Crippen molar-refractivity contribution in [2.24, 2.45) is 5.92 Å². The van der Waals surface area contributed by atoms with Crippen molar-refractivity contribution in [3.63, 3.8) is 0 Å². The van der Waals surface area contributed by atoms with Crippen LogP contribution in [-0.4, -0.2) is 32.1 Å². The van der Waals surface area contributed by atoms with E-state index < -0.39 is 0 Å². The number of allylic oxidation sites excluding steroid dienone is 1. The number of alkyl halides is 1. The van der Waals surface area contributed by atoms with E-state index in [0.29, 0.717) is 12.8 Å². The molecule has 0 N–H and O–H groups in total. The molecule has 2 aliphatic rings. The second-order valence-electron chi connectivity index (χ2n) is 5.34. The molecule has 1 aromatic rings. The summed E-state index contributed by atoms with van der Waals surface area (Å²) in [5.74, 6) is 1.18. The van der Waals surface area contributed by atoms with Gasteiger partial charge in [0.25, 0.3) is 0 Å². The summed E-state index contributed by atoms with van der Waals surface area (Å²) in [4.78, 5) is 27.5. The Labute approximate surface area is 146 Å². The molecule has 0 spiro atoms. The summed E-state index contributed by atoms with van der Waals surface area (Å²) in [5, 5.41) is 2.16. The van der Waals surface area contributed by atoms with Crippen LogP contribution in [0.15, 0.2) is 28.8 Å². The molecule has 2 aliphatic heterocycles. The Morgan fingerprint density at radius 3 is 3.00 bits per heavy atom. The molecule has 3 rings (SSSR count). The number of carbonyl (C=O) groups excluding carboxylic acids is 2. The molecule has 1 fully saturated rings. The average Bonchev–Trinajstić information content (AvgIpc) is 2.97. The molecular formula is C15H16INO2S2. The number of thioether (sulfide) groups is 1. The lowest BCUT2D eigenvalue weighted by Gasteiger charge is -2.50. The molecule has 21 heavy (non-hydrogen) atoms. The van der Waals surface area contributed by atoms with E-state index in [2.05, 4.69) is 22.6 Å². The molecule has 3 heterocycles. The van der Waals surface area contributed by atoms with Crippen molar-refractivity contribution in [1.29, 1.82) is 0 Å². The topological polar surface area (TPSA) is 37.4 Å². The van der Waals surface area contributed by atoms with Gasteiger partial charge in [0.1, 0.15) is 5.78 Å². The fourth-order valence-corrected chi connectivity index (χ4v) is 6.24. The number of β-lactam (4-membered cyclic amide) rings is 1. The molecule has 2 unspecified atom stereocenters. The summed E-state index contributed by atoms with van der Waals surface area (Å²) in [6.45, 7) is 2.03. The number of thiophene rings is 1. The minimum absolute atomic E-state index is 0.117. The van der Waals surface area contributed by atoms with Crippen LogP contribution in [0, 0.1) is 5.92 Å². The predicted molar refractivity (Wildman–Crippen MR) is 95.8 cm³/mol. The van der Waals surface area contributed by atoms with Gasteiger partial charge < -0.3 is 4.90 Å². The Kier molecular flexibility index (Phi) is 4.75. The van der Waals surface area contributed by atoms with E-state index in [1.54, 1.807) is 23.1 Å². The molecule has 6 heteroatoms. The number of amides is 1. The maximum absolute atomic E-state index is 12.3. The van der Waals surface area contributed by atoms with Gasteiger partial charge in [0.15, 0.2) is 0 Å². The van der Waals surface area contributed by atoms with Crippen molar-refractivity contribution in [2.75, 3.05) is 10.2 Å². The number of fused-ring (bicyclic) bond motifs is 1. The minimum Gasteiger partial charge on any atom is -0.303 e. The normalized spacial score (nSPS) is 24.9. The molecule has 0 aromatic carbocycles. The second kappa shape index (κ2) is 6.42. The van der Waals surface area contributed by atoms with Gasteiger partial charge in [0, 0.05) is 33.6 Å². The van der Waals surface area contributed by atoms with Crippen LogP contribution in [0.5, 0.6) is 0 Å². The Morgan fingerprint density at radius 2 is 2.33 bits per heavy atom. The van der Waals surface area contributed by atoms with Crippen LogP contribution in [0.25, 0.3) is 0 Å². The zero-order valence-corrected chi connectivity index (χ0v) is 15.5. The number of halogens is 1. The zero-order chi connectivity index (χ0) is 15.0. The van der Waals surface area contributed by atoms with Gasteiger partial charge in [0.05, 0.1) is 11.3 Å². The highest BCUT2D eigenvalue weighted by Gasteiger charge is 2.50. The Bertz CT molecular complexity index is 597. The van der Waals surface area contributed by atoms with Gasteiger partial charge in [0.2, 0.25) is 5.91 Å². The molecule has 0 radical (unpaired) electrons. The maximum Gasteiger partial charge on any atom is 0.234 e. The van der Waals surface area contributed by atoms with Crippen molar-refractivity contribution < 1.29 is 9.59 Å². The average molecular weight is 433 g/mol. The number of hydrogen-bond acceptors (Lipinski definition) is 4. The molecule has 0 saturated carbocycles. The summed E-state index contributed by atoms with van der Waals surface area (Å²) in [7, 11) is 0. The third-order valence-corrected chi connectivity index (χ3v) is 7.21. The first-order valence-electron chi connectivity index (χ1n) is 6.85. The number of ketones is 1. The molecule has 1 saturated heterocycles. The zero-order valence-electron chi connectivity index (χ0n) is 11.7. The largest absolute Gasteiger partial charge is 0.303 e. The quantitative estimate of drug-likeness (QED) is 0.406. The Hall–Kier alpha value is -0.340. The molecule has 1 aromatic heterocycles. The molecule has 3 nitrogen and oxygen atoms in total. The highest BCUT2D eigenvalue weighted by molar-refractivity contribution is 14.1. The van der Waals surface area contributed by atoms with Gasteiger partial charge in [-0.15, -0.1) is 23.1 Å². The fourth-order valence-electron chi connectivity index (χ4n) is 2.78. The van der Waals surface area contributed by atoms with E-state index in [1.807, 2.05) is 29.3 Å². The van der Waals surface area contributed by atoms with E-state index in [1.165, 1.54) is 5.57 Å². The highest BCUT2D eigenvalue weighted by atomic mass is 127. The van der Waals surface area contributed by atoms with Gasteiger partial charge in [-0.05, 0) is 23.9 Å². The van der Waals surface area contributed by atoms with Crippen LogP contribution in [0.3, 0.4) is 0 Å². The number of Topliss-reactive ketones (excluding diaryl/α,β-unsaturated/α-hetero) is 1. The highest BCUT2D eigenvalue weighted by Crippen LogP contribution is 2.45. The van der Waals surface area contributed by atoms with Crippen molar-refractivity contribution in [2.45, 2.75) is 25.1 Å². The van der Waals surface area contributed by atoms with Crippen molar-refractivity contribution in [3.8, 4) is 0 Å². The van der Waals surface area contributed by atoms with Gasteiger partial charge in [-0.25, -0.2) is 0 Å². The Morgan fingerprint density at radius 1 is 1.52 bits per heavy atom. The number of nitrogens with zero attached hydrogens (tertiary/aromatic N) is 1. The van der Waals surface area contributed by atoms with E-state index in [4.69, 9.17) is 0 Å². The van der Waals surface area contributed by atoms with Crippen molar-refractivity contribution in [1.82, 2.24) is 4.90 Å². The van der Waals surface area contributed by atoms with Crippen LogP contribution < -0.4 is 0 Å². The van der Waals surface area contributed by atoms with Crippen LogP contribution in [-0.2, 0) is 16.0 Å². The van der Waals surface area contributed by atoms with E-state index >= 15 is 0 Å². The third-order valence-electron chi connectivity index (χ3n) is 4.02. The van der Waals surface area contributed by atoms with E-state index in [-0.39, 0.29) is 23.0 Å². The van der Waals surface area contributed by atoms with Gasteiger partial charge in [-0.1, -0.05) is 28.7 Å². The summed E-state index contributed by atoms with van der Waals surface area (Å²) in [5.41, 5.74) is 2.45. The van der Waals surface area contributed by atoms with Crippen molar-refractivity contribution in [3.05, 3.63) is 33.7 Å². The molecular weight excluding hydrogens is 417 g/mol. The molecule has 0 bridgehead atoms. The van der Waals surface area contributed by atoms with Gasteiger partial charge in [-0.2, -0.15) is 0 Å². The first-order valence-corrected chi connectivity index (χ1v) is 10.3. The lowest BCUT2D eigenvalue weighted by Crippen LogP contribution is -2.60. The molecule has 1 amide bonds. The summed E-state index contributed by atoms with van der Waals surface area (Å²) >= 11 is 5.75. The first-order chi connectivity index (χ1) is 10.1. The van der Waals surface area contributed by atoms with Crippen LogP contribution in [0.4, 0.5) is 0 Å². The summed E-state index contributed by atoms with van der Waals surface area (Å²) in [6, 6.07) is 3.94. The number of carbonyl (C=O) groups is 2.